The summed E-state index contributed by atoms with van der Waals surface area (Å²) in [6.07, 6.45) is 3.40. The highest BCUT2D eigenvalue weighted by atomic mass is 16.5. The molecular weight excluding hydrogens is 234 g/mol. The molecule has 7 heteroatoms. The Hall–Kier alpha value is -2.31. The van der Waals surface area contributed by atoms with E-state index in [1.165, 1.54) is 0 Å². The fourth-order valence-corrected chi connectivity index (χ4v) is 1.64. The fourth-order valence-electron chi connectivity index (χ4n) is 1.64. The van der Waals surface area contributed by atoms with Crippen LogP contribution in [0.2, 0.25) is 0 Å². The van der Waals surface area contributed by atoms with Crippen LogP contribution in [0.15, 0.2) is 18.5 Å². The van der Waals surface area contributed by atoms with Gasteiger partial charge < -0.3 is 15.0 Å². The molecule has 0 saturated carbocycles. The van der Waals surface area contributed by atoms with Gasteiger partial charge in [-0.3, -0.25) is 4.68 Å². The molecule has 0 aliphatic heterocycles. The van der Waals surface area contributed by atoms with E-state index in [-0.39, 0.29) is 6.61 Å². The van der Waals surface area contributed by atoms with Crippen LogP contribution in [0.3, 0.4) is 0 Å². The van der Waals surface area contributed by atoms with E-state index in [2.05, 4.69) is 10.3 Å². The zero-order chi connectivity index (χ0) is 13.1. The summed E-state index contributed by atoms with van der Waals surface area (Å²) in [4.78, 5) is 11.9. The second kappa shape index (κ2) is 4.91. The number of ether oxygens (including phenoxy) is 1. The lowest BCUT2D eigenvalue weighted by molar-refractivity contribution is 0.0455. The molecule has 0 fully saturated rings. The Kier molecular flexibility index (Phi) is 3.31. The standard InChI is InChI=1S/C11H15N5O2/c1-3-16-5-8(12)4-10(16)11(17)18-7-9-6-15(2)14-13-9/h4-6H,3,7,12H2,1-2H3. The molecule has 0 aromatic carbocycles. The Bertz CT molecular complexity index is 558. The van der Waals surface area contributed by atoms with Gasteiger partial charge in [0.05, 0.1) is 11.9 Å². The van der Waals surface area contributed by atoms with Gasteiger partial charge in [0.2, 0.25) is 0 Å². The Balaban J connectivity index is 2.03. The number of hydrogen-bond acceptors (Lipinski definition) is 5. The molecule has 2 heterocycles. The topological polar surface area (TPSA) is 88.0 Å². The quantitative estimate of drug-likeness (QED) is 0.800. The number of esters is 1. The molecule has 0 bridgehead atoms. The molecule has 0 aliphatic rings. The number of anilines is 1. The van der Waals surface area contributed by atoms with Gasteiger partial charge in [-0.15, -0.1) is 5.10 Å². The third kappa shape index (κ3) is 2.50. The molecule has 0 unspecified atom stereocenters. The number of nitrogen functional groups attached to an aromatic ring is 1. The monoisotopic (exact) mass is 249 g/mol. The molecule has 2 aromatic rings. The predicted molar refractivity (Wildman–Crippen MR) is 64.6 cm³/mol. The van der Waals surface area contributed by atoms with Gasteiger partial charge in [-0.2, -0.15) is 0 Å². The van der Waals surface area contributed by atoms with Crippen LogP contribution in [0.4, 0.5) is 5.69 Å². The molecule has 2 aromatic heterocycles. The maximum absolute atomic E-state index is 11.9. The second-order valence-corrected chi connectivity index (χ2v) is 3.90. The first-order valence-corrected chi connectivity index (χ1v) is 5.58. The van der Waals surface area contributed by atoms with Gasteiger partial charge in [-0.05, 0) is 13.0 Å². The average molecular weight is 249 g/mol. The SMILES string of the molecule is CCn1cc(N)cc1C(=O)OCc1cn(C)nn1. The predicted octanol–water partition coefficient (Wildman–Crippen LogP) is 0.576. The van der Waals surface area contributed by atoms with Gasteiger partial charge in [0.1, 0.15) is 18.0 Å². The summed E-state index contributed by atoms with van der Waals surface area (Å²) in [6, 6.07) is 1.60. The van der Waals surface area contributed by atoms with E-state index in [0.29, 0.717) is 23.6 Å². The molecule has 0 aliphatic carbocycles. The lowest BCUT2D eigenvalue weighted by Gasteiger charge is -2.05. The Morgan fingerprint density at radius 2 is 2.28 bits per heavy atom. The summed E-state index contributed by atoms with van der Waals surface area (Å²) in [5.41, 5.74) is 7.24. The first kappa shape index (κ1) is 12.2. The lowest BCUT2D eigenvalue weighted by atomic mass is 10.4. The van der Waals surface area contributed by atoms with E-state index >= 15 is 0 Å². The Labute approximate surface area is 104 Å². The molecule has 0 spiro atoms. The molecule has 7 nitrogen and oxygen atoms in total. The largest absolute Gasteiger partial charge is 0.454 e. The van der Waals surface area contributed by atoms with Crippen LogP contribution < -0.4 is 5.73 Å². The molecule has 18 heavy (non-hydrogen) atoms. The van der Waals surface area contributed by atoms with E-state index in [1.807, 2.05) is 6.92 Å². The Morgan fingerprint density at radius 1 is 1.50 bits per heavy atom. The van der Waals surface area contributed by atoms with E-state index in [9.17, 15) is 4.79 Å². The van der Waals surface area contributed by atoms with Crippen molar-refractivity contribution in [1.29, 1.82) is 0 Å². The van der Waals surface area contributed by atoms with Crippen LogP contribution >= 0.6 is 0 Å². The van der Waals surface area contributed by atoms with Crippen molar-refractivity contribution < 1.29 is 9.53 Å². The highest BCUT2D eigenvalue weighted by Crippen LogP contribution is 2.12. The molecular formula is C11H15N5O2. The molecule has 96 valence electrons. The van der Waals surface area contributed by atoms with Crippen LogP contribution in [0.25, 0.3) is 0 Å². The Morgan fingerprint density at radius 3 is 2.89 bits per heavy atom. The molecule has 2 rings (SSSR count). The summed E-state index contributed by atoms with van der Waals surface area (Å²) in [5.74, 6) is -0.417. The smallest absolute Gasteiger partial charge is 0.355 e. The van der Waals surface area contributed by atoms with Crippen LogP contribution in [0, 0.1) is 0 Å². The molecule has 0 saturated heterocycles. The van der Waals surface area contributed by atoms with Gasteiger partial charge in [0.25, 0.3) is 0 Å². The minimum absolute atomic E-state index is 0.0987. The van der Waals surface area contributed by atoms with Crippen molar-refractivity contribution in [3.8, 4) is 0 Å². The van der Waals surface area contributed by atoms with E-state index in [4.69, 9.17) is 10.5 Å². The molecule has 0 amide bonds. The number of carbonyl (C=O) groups excluding carboxylic acids is 1. The number of nitrogens with two attached hydrogens (primary N) is 1. The highest BCUT2D eigenvalue weighted by molar-refractivity contribution is 5.89. The zero-order valence-corrected chi connectivity index (χ0v) is 10.3. The van der Waals surface area contributed by atoms with Gasteiger partial charge in [0, 0.05) is 19.8 Å². The number of aromatic nitrogens is 4. The first-order chi connectivity index (χ1) is 8.60. The highest BCUT2D eigenvalue weighted by Gasteiger charge is 2.14. The summed E-state index contributed by atoms with van der Waals surface area (Å²) in [6.45, 7) is 2.69. The lowest BCUT2D eigenvalue weighted by Crippen LogP contribution is -2.11. The summed E-state index contributed by atoms with van der Waals surface area (Å²) in [7, 11) is 1.75. The van der Waals surface area contributed by atoms with Crippen molar-refractivity contribution in [2.75, 3.05) is 5.73 Å². The number of carbonyl (C=O) groups is 1. The third-order valence-corrected chi connectivity index (χ3v) is 2.47. The van der Waals surface area contributed by atoms with E-state index in [1.54, 1.807) is 34.8 Å². The summed E-state index contributed by atoms with van der Waals surface area (Å²) >= 11 is 0. The molecule has 0 atom stereocenters. The van der Waals surface area contributed by atoms with Crippen molar-refractivity contribution in [2.45, 2.75) is 20.1 Å². The second-order valence-electron chi connectivity index (χ2n) is 3.90. The van der Waals surface area contributed by atoms with Gasteiger partial charge in [-0.25, -0.2) is 4.79 Å². The van der Waals surface area contributed by atoms with Crippen LogP contribution in [0.1, 0.15) is 23.1 Å². The summed E-state index contributed by atoms with van der Waals surface area (Å²) < 4.78 is 8.45. The number of aryl methyl sites for hydroxylation is 2. The minimum atomic E-state index is -0.417. The molecule has 0 radical (unpaired) electrons. The van der Waals surface area contributed by atoms with Crippen LogP contribution in [-0.2, 0) is 24.9 Å². The van der Waals surface area contributed by atoms with Crippen molar-refractivity contribution >= 4 is 11.7 Å². The maximum Gasteiger partial charge on any atom is 0.355 e. The molecule has 2 N–H and O–H groups in total. The average Bonchev–Trinajstić information content (AvgIpc) is 2.92. The summed E-state index contributed by atoms with van der Waals surface area (Å²) in [5, 5.41) is 7.59. The minimum Gasteiger partial charge on any atom is -0.454 e. The van der Waals surface area contributed by atoms with Gasteiger partial charge in [0.15, 0.2) is 0 Å². The number of hydrogen-bond donors (Lipinski definition) is 1. The van der Waals surface area contributed by atoms with Gasteiger partial charge in [-0.1, -0.05) is 5.21 Å². The van der Waals surface area contributed by atoms with Crippen molar-refractivity contribution in [1.82, 2.24) is 19.6 Å². The first-order valence-electron chi connectivity index (χ1n) is 5.58. The van der Waals surface area contributed by atoms with Crippen molar-refractivity contribution in [3.63, 3.8) is 0 Å². The fraction of sp³-hybridized carbons (Fsp3) is 0.364. The van der Waals surface area contributed by atoms with Crippen molar-refractivity contribution in [2.24, 2.45) is 7.05 Å². The number of rotatable bonds is 4. The number of nitrogens with zero attached hydrogens (tertiary/aromatic N) is 4. The van der Waals surface area contributed by atoms with E-state index < -0.39 is 5.97 Å². The third-order valence-electron chi connectivity index (χ3n) is 2.47. The zero-order valence-electron chi connectivity index (χ0n) is 10.3. The van der Waals surface area contributed by atoms with Crippen LogP contribution in [-0.4, -0.2) is 25.5 Å². The van der Waals surface area contributed by atoms with Crippen LogP contribution in [0.5, 0.6) is 0 Å². The van der Waals surface area contributed by atoms with Crippen molar-refractivity contribution in [3.05, 3.63) is 29.8 Å². The van der Waals surface area contributed by atoms with Gasteiger partial charge >= 0.3 is 5.97 Å². The normalized spacial score (nSPS) is 10.6. The van der Waals surface area contributed by atoms with E-state index in [0.717, 1.165) is 0 Å². The maximum atomic E-state index is 11.9.